The summed E-state index contributed by atoms with van der Waals surface area (Å²) in [5.41, 5.74) is 3.69. The molecule has 1 N–H and O–H groups in total. The highest BCUT2D eigenvalue weighted by Gasteiger charge is 2.24. The maximum atomic E-state index is 12.7. The molecule has 4 rings (SSSR count). The van der Waals surface area contributed by atoms with Gasteiger partial charge in [-0.15, -0.1) is 0 Å². The Morgan fingerprint density at radius 2 is 1.72 bits per heavy atom. The lowest BCUT2D eigenvalue weighted by molar-refractivity contribution is -0.142. The van der Waals surface area contributed by atoms with E-state index in [1.54, 1.807) is 6.92 Å². The Hall–Kier alpha value is -3.55. The van der Waals surface area contributed by atoms with Gasteiger partial charge in [0.1, 0.15) is 0 Å². The third-order valence-corrected chi connectivity index (χ3v) is 5.66. The number of aromatic nitrogens is 2. The SMILES string of the molecule is CCOC(=O)Cc1ccc(NC(=O)N2CCN(c3nc4ccccc4n3CC)CC2)cc1. The normalized spacial score (nSPS) is 13.9. The van der Waals surface area contributed by atoms with Crippen molar-refractivity contribution in [2.45, 2.75) is 26.8 Å². The molecule has 32 heavy (non-hydrogen) atoms. The molecule has 1 aliphatic heterocycles. The number of carbonyl (C=O) groups is 2. The summed E-state index contributed by atoms with van der Waals surface area (Å²) in [4.78, 5) is 33.2. The predicted molar refractivity (Wildman–Crippen MR) is 125 cm³/mol. The average molecular weight is 436 g/mol. The minimum absolute atomic E-state index is 0.119. The van der Waals surface area contributed by atoms with Gasteiger partial charge in [0.25, 0.3) is 0 Å². The van der Waals surface area contributed by atoms with Crippen LogP contribution < -0.4 is 10.2 Å². The summed E-state index contributed by atoms with van der Waals surface area (Å²) in [5.74, 6) is 0.713. The number of para-hydroxylation sites is 2. The van der Waals surface area contributed by atoms with E-state index in [9.17, 15) is 9.59 Å². The van der Waals surface area contributed by atoms with Gasteiger partial charge in [0.15, 0.2) is 0 Å². The van der Waals surface area contributed by atoms with Gasteiger partial charge in [-0.1, -0.05) is 24.3 Å². The van der Waals surface area contributed by atoms with Crippen molar-refractivity contribution < 1.29 is 14.3 Å². The largest absolute Gasteiger partial charge is 0.466 e. The fourth-order valence-corrected chi connectivity index (χ4v) is 4.01. The second kappa shape index (κ2) is 9.72. The van der Waals surface area contributed by atoms with E-state index in [4.69, 9.17) is 9.72 Å². The van der Waals surface area contributed by atoms with Crippen molar-refractivity contribution in [3.8, 4) is 0 Å². The minimum atomic E-state index is -0.251. The Labute approximate surface area is 187 Å². The minimum Gasteiger partial charge on any atom is -0.466 e. The number of hydrogen-bond donors (Lipinski definition) is 1. The molecule has 2 amide bonds. The number of benzene rings is 2. The molecule has 2 aromatic carbocycles. The van der Waals surface area contributed by atoms with Crippen LogP contribution in [0.3, 0.4) is 0 Å². The molecule has 0 atom stereocenters. The average Bonchev–Trinajstić information content (AvgIpc) is 3.19. The molecular formula is C24H29N5O3. The molecule has 8 nitrogen and oxygen atoms in total. The number of nitrogens with zero attached hydrogens (tertiary/aromatic N) is 4. The van der Waals surface area contributed by atoms with Crippen molar-refractivity contribution in [1.29, 1.82) is 0 Å². The van der Waals surface area contributed by atoms with Gasteiger partial charge in [-0.25, -0.2) is 9.78 Å². The number of carbonyl (C=O) groups excluding carboxylic acids is 2. The van der Waals surface area contributed by atoms with E-state index >= 15 is 0 Å². The number of rotatable bonds is 6. The van der Waals surface area contributed by atoms with Crippen LogP contribution in [0, 0.1) is 0 Å². The lowest BCUT2D eigenvalue weighted by atomic mass is 10.1. The summed E-state index contributed by atoms with van der Waals surface area (Å²) in [6.07, 6.45) is 0.229. The van der Waals surface area contributed by atoms with Crippen LogP contribution in [0.1, 0.15) is 19.4 Å². The standard InChI is InChI=1S/C24H29N5O3/c1-3-29-21-8-6-5-7-20(21)26-23(29)27-13-15-28(16-14-27)24(31)25-19-11-9-18(10-12-19)17-22(30)32-4-2/h5-12H,3-4,13-17H2,1-2H3,(H,25,31). The van der Waals surface area contributed by atoms with E-state index in [-0.39, 0.29) is 18.4 Å². The summed E-state index contributed by atoms with van der Waals surface area (Å²) < 4.78 is 7.19. The van der Waals surface area contributed by atoms with Gasteiger partial charge in [-0.3, -0.25) is 4.79 Å². The number of piperazine rings is 1. The molecule has 0 aliphatic carbocycles. The zero-order valence-electron chi connectivity index (χ0n) is 18.6. The van der Waals surface area contributed by atoms with Gasteiger partial charge < -0.3 is 24.4 Å². The van der Waals surface area contributed by atoms with Gasteiger partial charge in [0.2, 0.25) is 5.95 Å². The van der Waals surface area contributed by atoms with E-state index in [1.165, 1.54) is 0 Å². The van der Waals surface area contributed by atoms with Crippen LogP contribution in [0.4, 0.5) is 16.4 Å². The first-order chi connectivity index (χ1) is 15.6. The summed E-state index contributed by atoms with van der Waals surface area (Å²) in [6, 6.07) is 15.3. The van der Waals surface area contributed by atoms with Crippen molar-refractivity contribution in [2.75, 3.05) is 43.0 Å². The first-order valence-electron chi connectivity index (χ1n) is 11.1. The predicted octanol–water partition coefficient (Wildman–Crippen LogP) is 3.52. The van der Waals surface area contributed by atoms with Crippen LogP contribution in [0.25, 0.3) is 11.0 Å². The third kappa shape index (κ3) is 4.69. The molecule has 0 saturated carbocycles. The van der Waals surface area contributed by atoms with E-state index < -0.39 is 0 Å². The Balaban J connectivity index is 1.33. The van der Waals surface area contributed by atoms with Crippen LogP contribution >= 0.6 is 0 Å². The molecule has 1 saturated heterocycles. The number of nitrogens with one attached hydrogen (secondary N) is 1. The van der Waals surface area contributed by atoms with Crippen LogP contribution in [-0.2, 0) is 22.5 Å². The molecule has 3 aromatic rings. The highest BCUT2D eigenvalue weighted by molar-refractivity contribution is 5.89. The fraction of sp³-hybridized carbons (Fsp3) is 0.375. The van der Waals surface area contributed by atoms with Crippen molar-refractivity contribution in [3.63, 3.8) is 0 Å². The second-order valence-corrected chi connectivity index (χ2v) is 7.73. The number of fused-ring (bicyclic) bond motifs is 1. The number of aryl methyl sites for hydroxylation is 1. The summed E-state index contributed by atoms with van der Waals surface area (Å²) in [5, 5.41) is 2.95. The molecule has 2 heterocycles. The molecule has 0 unspecified atom stereocenters. The van der Waals surface area contributed by atoms with Gasteiger partial charge >= 0.3 is 12.0 Å². The van der Waals surface area contributed by atoms with Crippen LogP contribution in [0.2, 0.25) is 0 Å². The first kappa shape index (κ1) is 21.7. The fourth-order valence-electron chi connectivity index (χ4n) is 4.01. The monoisotopic (exact) mass is 435 g/mol. The summed E-state index contributed by atoms with van der Waals surface area (Å²) >= 11 is 0. The Morgan fingerprint density at radius 3 is 2.41 bits per heavy atom. The van der Waals surface area contributed by atoms with Crippen molar-refractivity contribution >= 4 is 34.7 Å². The maximum absolute atomic E-state index is 12.7. The number of imidazole rings is 1. The number of ether oxygens (including phenoxy) is 1. The number of amides is 2. The van der Waals surface area contributed by atoms with Gasteiger partial charge in [-0.05, 0) is 43.7 Å². The maximum Gasteiger partial charge on any atom is 0.321 e. The van der Waals surface area contributed by atoms with Crippen molar-refractivity contribution in [2.24, 2.45) is 0 Å². The molecule has 1 aromatic heterocycles. The van der Waals surface area contributed by atoms with Gasteiger partial charge in [0.05, 0.1) is 24.1 Å². The first-order valence-corrected chi connectivity index (χ1v) is 11.1. The smallest absolute Gasteiger partial charge is 0.321 e. The molecule has 0 bridgehead atoms. The zero-order valence-corrected chi connectivity index (χ0v) is 18.6. The van der Waals surface area contributed by atoms with E-state index in [0.717, 1.165) is 42.2 Å². The highest BCUT2D eigenvalue weighted by Crippen LogP contribution is 2.23. The number of esters is 1. The van der Waals surface area contributed by atoms with Crippen LogP contribution in [-0.4, -0.2) is 59.2 Å². The van der Waals surface area contributed by atoms with Crippen molar-refractivity contribution in [1.82, 2.24) is 14.5 Å². The van der Waals surface area contributed by atoms with E-state index in [1.807, 2.05) is 47.4 Å². The topological polar surface area (TPSA) is 79.7 Å². The quantitative estimate of drug-likeness (QED) is 0.600. The van der Waals surface area contributed by atoms with Gasteiger partial charge in [0, 0.05) is 38.4 Å². The Morgan fingerprint density at radius 1 is 1.00 bits per heavy atom. The number of hydrogen-bond acceptors (Lipinski definition) is 5. The molecular weight excluding hydrogens is 406 g/mol. The summed E-state index contributed by atoms with van der Waals surface area (Å²) in [6.45, 7) is 7.85. The second-order valence-electron chi connectivity index (χ2n) is 7.73. The van der Waals surface area contributed by atoms with Crippen LogP contribution in [0.5, 0.6) is 0 Å². The van der Waals surface area contributed by atoms with E-state index in [2.05, 4.69) is 27.8 Å². The lowest BCUT2D eigenvalue weighted by Crippen LogP contribution is -2.50. The molecule has 8 heteroatoms. The van der Waals surface area contributed by atoms with Gasteiger partial charge in [-0.2, -0.15) is 0 Å². The van der Waals surface area contributed by atoms with E-state index in [0.29, 0.717) is 25.4 Å². The van der Waals surface area contributed by atoms with Crippen molar-refractivity contribution in [3.05, 3.63) is 54.1 Å². The Kier molecular flexibility index (Phi) is 6.58. The summed E-state index contributed by atoms with van der Waals surface area (Å²) in [7, 11) is 0. The molecule has 168 valence electrons. The molecule has 1 fully saturated rings. The molecule has 0 spiro atoms. The Bertz CT molecular complexity index is 1080. The lowest BCUT2D eigenvalue weighted by Gasteiger charge is -2.35. The molecule has 1 aliphatic rings. The van der Waals surface area contributed by atoms with Crippen LogP contribution in [0.15, 0.2) is 48.5 Å². The molecule has 0 radical (unpaired) electrons. The highest BCUT2D eigenvalue weighted by atomic mass is 16.5. The third-order valence-electron chi connectivity index (χ3n) is 5.66. The number of urea groups is 1. The number of anilines is 2. The zero-order chi connectivity index (χ0) is 22.5.